The lowest BCUT2D eigenvalue weighted by atomic mass is 10.0. The molecular formula is C10H22N2O4S. The van der Waals surface area contributed by atoms with Crippen LogP contribution in [0, 0.1) is 11.8 Å². The van der Waals surface area contributed by atoms with E-state index >= 15 is 0 Å². The topological polar surface area (TPSA) is 95.5 Å². The molecule has 0 aliphatic carbocycles. The van der Waals surface area contributed by atoms with Gasteiger partial charge in [0.15, 0.2) is 0 Å². The van der Waals surface area contributed by atoms with E-state index in [2.05, 4.69) is 9.44 Å². The van der Waals surface area contributed by atoms with Crippen molar-refractivity contribution < 1.29 is 18.3 Å². The van der Waals surface area contributed by atoms with Gasteiger partial charge < -0.3 is 5.11 Å². The molecule has 3 N–H and O–H groups in total. The third-order valence-electron chi connectivity index (χ3n) is 2.44. The van der Waals surface area contributed by atoms with Crippen LogP contribution in [0.5, 0.6) is 0 Å². The molecule has 0 rings (SSSR count). The first-order valence-electron chi connectivity index (χ1n) is 5.69. The molecule has 0 aromatic heterocycles. The first-order chi connectivity index (χ1) is 7.69. The quantitative estimate of drug-likeness (QED) is 0.598. The van der Waals surface area contributed by atoms with E-state index < -0.39 is 22.2 Å². The summed E-state index contributed by atoms with van der Waals surface area (Å²) in [5, 5.41) is 8.96. The zero-order valence-electron chi connectivity index (χ0n) is 10.7. The van der Waals surface area contributed by atoms with Crippen LogP contribution in [-0.2, 0) is 15.0 Å². The molecule has 0 aliphatic rings. The van der Waals surface area contributed by atoms with E-state index in [4.69, 9.17) is 5.11 Å². The summed E-state index contributed by atoms with van der Waals surface area (Å²) in [6, 6.07) is -1.09. The van der Waals surface area contributed by atoms with E-state index in [9.17, 15) is 13.2 Å². The molecule has 0 radical (unpaired) electrons. The predicted molar refractivity (Wildman–Crippen MR) is 65.8 cm³/mol. The van der Waals surface area contributed by atoms with Crippen LogP contribution in [0.4, 0.5) is 0 Å². The molecule has 0 bridgehead atoms. The van der Waals surface area contributed by atoms with Gasteiger partial charge >= 0.3 is 5.97 Å². The van der Waals surface area contributed by atoms with Crippen LogP contribution in [0.1, 0.15) is 34.1 Å². The van der Waals surface area contributed by atoms with E-state index in [-0.39, 0.29) is 18.4 Å². The maximum absolute atomic E-state index is 11.6. The standard InChI is InChI=1S/C10H22N2O4S/c1-5-8(4)9(10(13)14)12-17(15,16)11-6-7(2)3/h7-9,11-12H,5-6H2,1-4H3,(H,13,14)/t8?,9-/m0/s1. The fourth-order valence-electron chi connectivity index (χ4n) is 1.13. The Morgan fingerprint density at radius 2 is 1.82 bits per heavy atom. The Hall–Kier alpha value is -0.660. The minimum atomic E-state index is -3.76. The minimum absolute atomic E-state index is 0.165. The SMILES string of the molecule is CCC(C)[C@H](NS(=O)(=O)NCC(C)C)C(=O)O. The predicted octanol–water partition coefficient (Wildman–Crippen LogP) is 0.566. The molecule has 17 heavy (non-hydrogen) atoms. The Morgan fingerprint density at radius 1 is 1.29 bits per heavy atom. The summed E-state index contributed by atoms with van der Waals surface area (Å²) in [4.78, 5) is 11.0. The van der Waals surface area contributed by atoms with Gasteiger partial charge in [-0.1, -0.05) is 34.1 Å². The lowest BCUT2D eigenvalue weighted by Crippen LogP contribution is -2.49. The molecule has 102 valence electrons. The molecule has 6 nitrogen and oxygen atoms in total. The van der Waals surface area contributed by atoms with E-state index in [1.807, 2.05) is 20.8 Å². The number of carboxylic acid groups (broad SMARTS) is 1. The zero-order chi connectivity index (χ0) is 13.6. The summed E-state index contributed by atoms with van der Waals surface area (Å²) < 4.78 is 27.7. The van der Waals surface area contributed by atoms with Gasteiger partial charge in [-0.3, -0.25) is 4.79 Å². The van der Waals surface area contributed by atoms with Gasteiger partial charge in [0.1, 0.15) is 6.04 Å². The third-order valence-corrected chi connectivity index (χ3v) is 3.55. The van der Waals surface area contributed by atoms with E-state index in [1.165, 1.54) is 0 Å². The highest BCUT2D eigenvalue weighted by atomic mass is 32.2. The monoisotopic (exact) mass is 266 g/mol. The molecule has 0 amide bonds. The summed E-state index contributed by atoms with van der Waals surface area (Å²) in [6.45, 7) is 7.53. The molecule has 0 fully saturated rings. The fraction of sp³-hybridized carbons (Fsp3) is 0.900. The molecule has 2 atom stereocenters. The molecule has 0 spiro atoms. The lowest BCUT2D eigenvalue weighted by Gasteiger charge is -2.20. The normalized spacial score (nSPS) is 15.8. The van der Waals surface area contributed by atoms with Crippen molar-refractivity contribution in [3.63, 3.8) is 0 Å². The Morgan fingerprint density at radius 3 is 2.18 bits per heavy atom. The molecule has 1 unspecified atom stereocenters. The second kappa shape index (κ2) is 6.93. The molecule has 0 heterocycles. The van der Waals surface area contributed by atoms with Crippen molar-refractivity contribution in [2.75, 3.05) is 6.54 Å². The van der Waals surface area contributed by atoms with Gasteiger partial charge in [0.2, 0.25) is 0 Å². The second-order valence-corrected chi connectivity index (χ2v) is 6.10. The first kappa shape index (κ1) is 16.3. The Labute approximate surface area is 103 Å². The van der Waals surface area contributed by atoms with Crippen LogP contribution in [0.2, 0.25) is 0 Å². The van der Waals surface area contributed by atoms with Crippen molar-refractivity contribution >= 4 is 16.2 Å². The van der Waals surface area contributed by atoms with Crippen molar-refractivity contribution in [2.24, 2.45) is 11.8 Å². The van der Waals surface area contributed by atoms with Gasteiger partial charge in [0.25, 0.3) is 10.2 Å². The molecule has 0 saturated carbocycles. The van der Waals surface area contributed by atoms with Crippen molar-refractivity contribution in [2.45, 2.75) is 40.2 Å². The van der Waals surface area contributed by atoms with Crippen LogP contribution in [0.25, 0.3) is 0 Å². The Bertz CT molecular complexity index is 340. The highest BCUT2D eigenvalue weighted by molar-refractivity contribution is 7.87. The van der Waals surface area contributed by atoms with Crippen LogP contribution in [0.15, 0.2) is 0 Å². The van der Waals surface area contributed by atoms with Crippen molar-refractivity contribution in [1.29, 1.82) is 0 Å². The molecule has 0 aromatic rings. The van der Waals surface area contributed by atoms with Crippen molar-refractivity contribution in [3.8, 4) is 0 Å². The molecule has 0 aromatic carbocycles. The van der Waals surface area contributed by atoms with Gasteiger partial charge in [-0.15, -0.1) is 0 Å². The maximum Gasteiger partial charge on any atom is 0.322 e. The number of hydrogen-bond acceptors (Lipinski definition) is 3. The Kier molecular flexibility index (Phi) is 6.66. The van der Waals surface area contributed by atoms with Crippen LogP contribution >= 0.6 is 0 Å². The smallest absolute Gasteiger partial charge is 0.322 e. The number of rotatable bonds is 8. The number of nitrogens with one attached hydrogen (secondary N) is 2. The minimum Gasteiger partial charge on any atom is -0.480 e. The van der Waals surface area contributed by atoms with Gasteiger partial charge in [0.05, 0.1) is 0 Å². The van der Waals surface area contributed by atoms with E-state index in [0.717, 1.165) is 0 Å². The average molecular weight is 266 g/mol. The molecule has 0 saturated heterocycles. The van der Waals surface area contributed by atoms with E-state index in [0.29, 0.717) is 6.42 Å². The highest BCUT2D eigenvalue weighted by Crippen LogP contribution is 2.08. The van der Waals surface area contributed by atoms with Crippen LogP contribution in [-0.4, -0.2) is 32.1 Å². The number of aliphatic carboxylic acids is 1. The maximum atomic E-state index is 11.6. The third kappa shape index (κ3) is 6.60. The van der Waals surface area contributed by atoms with Gasteiger partial charge in [-0.2, -0.15) is 13.1 Å². The molecule has 7 heteroatoms. The van der Waals surface area contributed by atoms with Gasteiger partial charge in [0, 0.05) is 6.54 Å². The highest BCUT2D eigenvalue weighted by Gasteiger charge is 2.28. The first-order valence-corrected chi connectivity index (χ1v) is 7.17. The summed E-state index contributed by atoms with van der Waals surface area (Å²) in [5.41, 5.74) is 0. The summed E-state index contributed by atoms with van der Waals surface area (Å²) in [5.74, 6) is -1.25. The molecule has 0 aliphatic heterocycles. The summed E-state index contributed by atoms with van der Waals surface area (Å²) in [6.07, 6.45) is 0.587. The molecular weight excluding hydrogens is 244 g/mol. The fourth-order valence-corrected chi connectivity index (χ4v) is 2.43. The van der Waals surface area contributed by atoms with Crippen LogP contribution in [0.3, 0.4) is 0 Å². The number of carboxylic acids is 1. The largest absolute Gasteiger partial charge is 0.480 e. The summed E-state index contributed by atoms with van der Waals surface area (Å²) in [7, 11) is -3.76. The number of hydrogen-bond donors (Lipinski definition) is 3. The van der Waals surface area contributed by atoms with Crippen molar-refractivity contribution in [1.82, 2.24) is 9.44 Å². The zero-order valence-corrected chi connectivity index (χ0v) is 11.5. The average Bonchev–Trinajstić information content (AvgIpc) is 2.22. The van der Waals surface area contributed by atoms with Gasteiger partial charge in [-0.25, -0.2) is 4.72 Å². The van der Waals surface area contributed by atoms with Gasteiger partial charge in [-0.05, 0) is 11.8 Å². The van der Waals surface area contributed by atoms with E-state index in [1.54, 1.807) is 6.92 Å². The Balaban J connectivity index is 4.59. The second-order valence-electron chi connectivity index (χ2n) is 4.57. The number of carbonyl (C=O) groups is 1. The lowest BCUT2D eigenvalue weighted by molar-refractivity contribution is -0.140. The van der Waals surface area contributed by atoms with Crippen molar-refractivity contribution in [3.05, 3.63) is 0 Å². The summed E-state index contributed by atoms with van der Waals surface area (Å²) >= 11 is 0. The van der Waals surface area contributed by atoms with Crippen LogP contribution < -0.4 is 9.44 Å².